The number of para-hydroxylation sites is 1. The second kappa shape index (κ2) is 3.35. The first-order chi connectivity index (χ1) is 9.14. The molecule has 2 amide bonds. The Bertz CT molecular complexity index is 606. The van der Waals surface area contributed by atoms with Gasteiger partial charge in [-0.15, -0.1) is 0 Å². The van der Waals surface area contributed by atoms with Crippen molar-refractivity contribution >= 4 is 17.5 Å². The third-order valence-corrected chi connectivity index (χ3v) is 5.13. The summed E-state index contributed by atoms with van der Waals surface area (Å²) in [5, 5.41) is 0. The first-order valence-corrected chi connectivity index (χ1v) is 6.76. The lowest BCUT2D eigenvalue weighted by molar-refractivity contribution is -0.127. The molecule has 0 spiro atoms. The summed E-state index contributed by atoms with van der Waals surface area (Å²) in [5.74, 6) is 0.282. The molecule has 4 rings (SSSR count). The van der Waals surface area contributed by atoms with Crippen molar-refractivity contribution in [2.45, 2.75) is 13.3 Å². The molecule has 4 atom stereocenters. The minimum atomic E-state index is -0.521. The van der Waals surface area contributed by atoms with Gasteiger partial charge in [0.2, 0.25) is 11.8 Å². The molecule has 1 saturated heterocycles. The second-order valence-electron chi connectivity index (χ2n) is 5.97. The Morgan fingerprint density at radius 3 is 2.58 bits per heavy atom. The monoisotopic (exact) mass is 253 g/mol. The summed E-state index contributed by atoms with van der Waals surface area (Å²) < 4.78 is 0. The lowest BCUT2D eigenvalue weighted by atomic mass is 9.71. The number of hydrogen-bond donors (Lipinski definition) is 0. The van der Waals surface area contributed by atoms with Crippen molar-refractivity contribution in [1.29, 1.82) is 0 Å². The highest BCUT2D eigenvalue weighted by atomic mass is 16.2. The number of nitrogens with zero attached hydrogens (tertiary/aromatic N) is 1. The van der Waals surface area contributed by atoms with Crippen LogP contribution in [0.5, 0.6) is 0 Å². The Balaban J connectivity index is 1.83. The first kappa shape index (κ1) is 11.0. The fourth-order valence-electron chi connectivity index (χ4n) is 4.13. The minimum absolute atomic E-state index is 0.0180. The van der Waals surface area contributed by atoms with E-state index < -0.39 is 5.41 Å². The molecular weight excluding hydrogens is 238 g/mol. The molecule has 3 aliphatic rings. The van der Waals surface area contributed by atoms with Gasteiger partial charge in [-0.25, -0.2) is 4.90 Å². The van der Waals surface area contributed by atoms with Crippen LogP contribution >= 0.6 is 0 Å². The number of benzene rings is 1. The van der Waals surface area contributed by atoms with Crippen molar-refractivity contribution in [3.8, 4) is 0 Å². The fraction of sp³-hybridized carbons (Fsp3) is 0.375. The van der Waals surface area contributed by atoms with Crippen molar-refractivity contribution in [3.63, 3.8) is 0 Å². The third kappa shape index (κ3) is 1.14. The average Bonchev–Trinajstić information content (AvgIpc) is 3.04. The first-order valence-electron chi connectivity index (χ1n) is 6.76. The Hall–Kier alpha value is -1.90. The van der Waals surface area contributed by atoms with Crippen LogP contribution in [0.2, 0.25) is 0 Å². The number of carbonyl (C=O) groups is 2. The van der Waals surface area contributed by atoms with Crippen LogP contribution in [0.25, 0.3) is 0 Å². The zero-order chi connectivity index (χ0) is 13.2. The van der Waals surface area contributed by atoms with Crippen molar-refractivity contribution in [2.75, 3.05) is 4.90 Å². The molecule has 0 aromatic heterocycles. The number of carbonyl (C=O) groups excluding carboxylic acids is 2. The van der Waals surface area contributed by atoms with E-state index in [9.17, 15) is 9.59 Å². The lowest BCUT2D eigenvalue weighted by Crippen LogP contribution is -2.37. The van der Waals surface area contributed by atoms with Crippen molar-refractivity contribution in [1.82, 2.24) is 0 Å². The fourth-order valence-corrected chi connectivity index (χ4v) is 4.13. The van der Waals surface area contributed by atoms with Crippen LogP contribution in [0.3, 0.4) is 0 Å². The van der Waals surface area contributed by atoms with E-state index in [1.807, 2.05) is 37.3 Å². The van der Waals surface area contributed by atoms with Crippen LogP contribution in [0.1, 0.15) is 13.3 Å². The highest BCUT2D eigenvalue weighted by molar-refractivity contribution is 6.24. The van der Waals surface area contributed by atoms with Crippen LogP contribution in [-0.2, 0) is 9.59 Å². The van der Waals surface area contributed by atoms with E-state index in [2.05, 4.69) is 12.2 Å². The quantitative estimate of drug-likeness (QED) is 0.569. The predicted molar refractivity (Wildman–Crippen MR) is 71.3 cm³/mol. The van der Waals surface area contributed by atoms with E-state index in [-0.39, 0.29) is 29.6 Å². The van der Waals surface area contributed by atoms with Gasteiger partial charge in [0.25, 0.3) is 0 Å². The number of amides is 2. The highest BCUT2D eigenvalue weighted by Gasteiger charge is 2.67. The number of anilines is 1. The van der Waals surface area contributed by atoms with E-state index in [1.165, 1.54) is 4.90 Å². The van der Waals surface area contributed by atoms with Crippen molar-refractivity contribution < 1.29 is 9.59 Å². The number of rotatable bonds is 1. The van der Waals surface area contributed by atoms with Crippen molar-refractivity contribution in [2.24, 2.45) is 23.2 Å². The van der Waals surface area contributed by atoms with Gasteiger partial charge >= 0.3 is 0 Å². The van der Waals surface area contributed by atoms with Crippen LogP contribution in [-0.4, -0.2) is 11.8 Å². The Morgan fingerprint density at radius 2 is 1.89 bits per heavy atom. The molecule has 1 saturated carbocycles. The van der Waals surface area contributed by atoms with E-state index in [0.717, 1.165) is 6.42 Å². The summed E-state index contributed by atoms with van der Waals surface area (Å²) in [6.45, 7) is 1.97. The summed E-state index contributed by atoms with van der Waals surface area (Å²) in [6, 6.07) is 9.27. The van der Waals surface area contributed by atoms with Gasteiger partial charge in [0.05, 0.1) is 17.0 Å². The van der Waals surface area contributed by atoms with Crippen molar-refractivity contribution in [3.05, 3.63) is 42.5 Å². The number of imide groups is 1. The van der Waals surface area contributed by atoms with E-state index >= 15 is 0 Å². The normalized spacial score (nSPS) is 39.2. The topological polar surface area (TPSA) is 37.4 Å². The molecule has 0 unspecified atom stereocenters. The van der Waals surface area contributed by atoms with Gasteiger partial charge < -0.3 is 0 Å². The standard InChI is InChI=1S/C16H15NO2/c1-16-11-8-7-10(9-11)13(16)14(18)17(15(16)19)12-5-3-2-4-6-12/h2-8,10-11,13H,9H2,1H3/t10-,11+,13+,16-/m0/s1. The maximum atomic E-state index is 12.8. The van der Waals surface area contributed by atoms with Gasteiger partial charge in [0.15, 0.2) is 0 Å². The van der Waals surface area contributed by atoms with E-state index in [0.29, 0.717) is 5.69 Å². The molecule has 1 aliphatic heterocycles. The molecule has 0 N–H and O–H groups in total. The van der Waals surface area contributed by atoms with Gasteiger partial charge in [-0.2, -0.15) is 0 Å². The van der Waals surface area contributed by atoms with Crippen LogP contribution in [0, 0.1) is 23.2 Å². The SMILES string of the molecule is C[C@@]12C(=O)N(c3ccccc3)C(=O)[C@H]1[C@H]1C=C[C@@H]2C1. The summed E-state index contributed by atoms with van der Waals surface area (Å²) in [6.07, 6.45) is 5.21. The second-order valence-corrected chi connectivity index (χ2v) is 5.97. The zero-order valence-electron chi connectivity index (χ0n) is 10.7. The number of fused-ring (bicyclic) bond motifs is 5. The van der Waals surface area contributed by atoms with Crippen LogP contribution in [0.15, 0.2) is 42.5 Å². The zero-order valence-corrected chi connectivity index (χ0v) is 10.7. The van der Waals surface area contributed by atoms with Gasteiger partial charge in [-0.05, 0) is 37.3 Å². The van der Waals surface area contributed by atoms with Gasteiger partial charge in [-0.1, -0.05) is 30.4 Å². The van der Waals surface area contributed by atoms with E-state index in [1.54, 1.807) is 0 Å². The minimum Gasteiger partial charge on any atom is -0.274 e. The van der Waals surface area contributed by atoms with Gasteiger partial charge in [0.1, 0.15) is 0 Å². The lowest BCUT2D eigenvalue weighted by Gasteiger charge is -2.28. The number of hydrogen-bond acceptors (Lipinski definition) is 2. The van der Waals surface area contributed by atoms with Gasteiger partial charge in [-0.3, -0.25) is 9.59 Å². The molecule has 1 aromatic rings. The molecule has 96 valence electrons. The third-order valence-electron chi connectivity index (χ3n) is 5.13. The Morgan fingerprint density at radius 1 is 1.16 bits per heavy atom. The summed E-state index contributed by atoms with van der Waals surface area (Å²) in [5.41, 5.74) is 0.180. The smallest absolute Gasteiger partial charge is 0.241 e. The molecule has 3 heteroatoms. The molecule has 2 aliphatic carbocycles. The maximum absolute atomic E-state index is 12.8. The largest absolute Gasteiger partial charge is 0.274 e. The van der Waals surface area contributed by atoms with Crippen LogP contribution in [0.4, 0.5) is 5.69 Å². The van der Waals surface area contributed by atoms with Gasteiger partial charge in [0, 0.05) is 0 Å². The molecule has 3 nitrogen and oxygen atoms in total. The summed E-state index contributed by atoms with van der Waals surface area (Å²) in [4.78, 5) is 26.8. The van der Waals surface area contributed by atoms with Crippen LogP contribution < -0.4 is 4.90 Å². The Labute approximate surface area is 111 Å². The molecule has 19 heavy (non-hydrogen) atoms. The predicted octanol–water partition coefficient (Wildman–Crippen LogP) is 2.39. The molecule has 2 fully saturated rings. The molecule has 1 heterocycles. The number of allylic oxidation sites excluding steroid dienone is 2. The molecule has 0 radical (unpaired) electrons. The molecule has 2 bridgehead atoms. The molecule has 1 aromatic carbocycles. The highest BCUT2D eigenvalue weighted by Crippen LogP contribution is 2.60. The Kier molecular flexibility index (Phi) is 1.93. The summed E-state index contributed by atoms with van der Waals surface area (Å²) in [7, 11) is 0. The summed E-state index contributed by atoms with van der Waals surface area (Å²) >= 11 is 0. The van der Waals surface area contributed by atoms with E-state index in [4.69, 9.17) is 0 Å². The average molecular weight is 253 g/mol. The molecular formula is C16H15NO2. The maximum Gasteiger partial charge on any atom is 0.241 e.